The highest BCUT2D eigenvalue weighted by Crippen LogP contribution is 2.27. The van der Waals surface area contributed by atoms with E-state index < -0.39 is 11.6 Å². The van der Waals surface area contributed by atoms with E-state index >= 15 is 0 Å². The molecule has 3 nitrogen and oxygen atoms in total. The van der Waals surface area contributed by atoms with Crippen LogP contribution < -0.4 is 15.8 Å². The number of nitrogen functional groups attached to an aromatic ring is 1. The van der Waals surface area contributed by atoms with Crippen molar-refractivity contribution >= 4 is 5.69 Å². The van der Waals surface area contributed by atoms with Gasteiger partial charge >= 0.3 is 0 Å². The summed E-state index contributed by atoms with van der Waals surface area (Å²) in [5.74, 6) is -2.14. The first kappa shape index (κ1) is 12.1. The maximum absolute atomic E-state index is 13.4. The maximum Gasteiger partial charge on any atom is 0.202 e. The summed E-state index contributed by atoms with van der Waals surface area (Å²) in [4.78, 5) is 0. The van der Waals surface area contributed by atoms with Crippen molar-refractivity contribution in [3.63, 3.8) is 0 Å². The molecule has 0 saturated carbocycles. The fraction of sp³-hybridized carbons (Fsp3) is 0.500. The van der Waals surface area contributed by atoms with Gasteiger partial charge in [-0.3, -0.25) is 0 Å². The number of hydrogen-bond donors (Lipinski definition) is 2. The first-order valence-electron chi connectivity index (χ1n) is 5.78. The van der Waals surface area contributed by atoms with Gasteiger partial charge in [-0.2, -0.15) is 4.39 Å². The van der Waals surface area contributed by atoms with Crippen LogP contribution in [0.3, 0.4) is 0 Å². The van der Waals surface area contributed by atoms with Crippen molar-refractivity contribution < 1.29 is 13.5 Å². The molecule has 0 bridgehead atoms. The number of hydrogen-bond acceptors (Lipinski definition) is 3. The van der Waals surface area contributed by atoms with Gasteiger partial charge in [0.1, 0.15) is 6.61 Å². The highest BCUT2D eigenvalue weighted by atomic mass is 19.2. The Morgan fingerprint density at radius 3 is 2.88 bits per heavy atom. The molecular weight excluding hydrogens is 226 g/mol. The lowest BCUT2D eigenvalue weighted by Crippen LogP contribution is -2.38. The summed E-state index contributed by atoms with van der Waals surface area (Å²) < 4.78 is 31.7. The predicted octanol–water partition coefficient (Wildman–Crippen LogP) is 2.07. The Labute approximate surface area is 98.9 Å². The van der Waals surface area contributed by atoms with E-state index in [0.29, 0.717) is 6.61 Å². The van der Waals surface area contributed by atoms with Gasteiger partial charge in [0, 0.05) is 6.04 Å². The molecule has 1 fully saturated rings. The van der Waals surface area contributed by atoms with Crippen molar-refractivity contribution in [1.29, 1.82) is 0 Å². The second kappa shape index (κ2) is 5.31. The third kappa shape index (κ3) is 2.85. The molecule has 0 aliphatic carbocycles. The number of halogens is 2. The molecule has 0 spiro atoms. The fourth-order valence-corrected chi connectivity index (χ4v) is 1.94. The Hall–Kier alpha value is -1.36. The quantitative estimate of drug-likeness (QED) is 0.798. The molecule has 1 aliphatic heterocycles. The van der Waals surface area contributed by atoms with Crippen LogP contribution in [0, 0.1) is 11.6 Å². The fourth-order valence-electron chi connectivity index (χ4n) is 1.94. The van der Waals surface area contributed by atoms with Crippen molar-refractivity contribution in [3.05, 3.63) is 23.8 Å². The maximum atomic E-state index is 13.4. The second-order valence-electron chi connectivity index (χ2n) is 4.24. The standard InChI is InChI=1S/C12H16F2N2O/c13-9-4-5-10(15)12(11(9)14)17-7-8-3-1-2-6-16-8/h4-5,8,16H,1-3,6-7,15H2. The summed E-state index contributed by atoms with van der Waals surface area (Å²) >= 11 is 0. The number of benzene rings is 1. The summed E-state index contributed by atoms with van der Waals surface area (Å²) in [6.45, 7) is 1.25. The lowest BCUT2D eigenvalue weighted by atomic mass is 10.1. The van der Waals surface area contributed by atoms with Crippen LogP contribution in [-0.2, 0) is 0 Å². The van der Waals surface area contributed by atoms with E-state index in [1.54, 1.807) is 0 Å². The Morgan fingerprint density at radius 1 is 1.35 bits per heavy atom. The van der Waals surface area contributed by atoms with Crippen LogP contribution >= 0.6 is 0 Å². The third-order valence-corrected chi connectivity index (χ3v) is 2.92. The van der Waals surface area contributed by atoms with E-state index in [-0.39, 0.29) is 17.5 Å². The molecule has 1 heterocycles. The van der Waals surface area contributed by atoms with Crippen LogP contribution in [0.25, 0.3) is 0 Å². The molecule has 2 rings (SSSR count). The summed E-state index contributed by atoms with van der Waals surface area (Å²) in [6.07, 6.45) is 3.26. The molecule has 0 radical (unpaired) electrons. The number of ether oxygens (including phenoxy) is 1. The van der Waals surface area contributed by atoms with E-state index in [9.17, 15) is 8.78 Å². The highest BCUT2D eigenvalue weighted by molar-refractivity contribution is 5.53. The molecule has 1 atom stereocenters. The number of nitrogens with one attached hydrogen (secondary N) is 1. The zero-order valence-electron chi connectivity index (χ0n) is 9.51. The average molecular weight is 242 g/mol. The van der Waals surface area contributed by atoms with Crippen LogP contribution in [0.1, 0.15) is 19.3 Å². The number of piperidine rings is 1. The van der Waals surface area contributed by atoms with Crippen LogP contribution in [0.4, 0.5) is 14.5 Å². The first-order valence-corrected chi connectivity index (χ1v) is 5.78. The Bertz CT molecular complexity index is 392. The van der Waals surface area contributed by atoms with Crippen molar-refractivity contribution in [2.24, 2.45) is 0 Å². The van der Waals surface area contributed by atoms with E-state index in [1.807, 2.05) is 0 Å². The minimum absolute atomic E-state index is 0.125. The predicted molar refractivity (Wildman–Crippen MR) is 61.9 cm³/mol. The Morgan fingerprint density at radius 2 is 2.18 bits per heavy atom. The highest BCUT2D eigenvalue weighted by Gasteiger charge is 2.17. The minimum atomic E-state index is -1.01. The molecule has 1 aliphatic rings. The molecule has 3 N–H and O–H groups in total. The van der Waals surface area contributed by atoms with Crippen molar-refractivity contribution in [2.45, 2.75) is 25.3 Å². The normalized spacial score (nSPS) is 20.2. The summed E-state index contributed by atoms with van der Waals surface area (Å²) in [7, 11) is 0. The average Bonchev–Trinajstić information content (AvgIpc) is 2.35. The molecule has 0 aromatic heterocycles. The van der Waals surface area contributed by atoms with E-state index in [2.05, 4.69) is 5.32 Å². The van der Waals surface area contributed by atoms with Crippen LogP contribution in [0.5, 0.6) is 5.75 Å². The van der Waals surface area contributed by atoms with Crippen LogP contribution in [-0.4, -0.2) is 19.2 Å². The molecule has 1 saturated heterocycles. The monoisotopic (exact) mass is 242 g/mol. The smallest absolute Gasteiger partial charge is 0.202 e. The molecule has 1 aromatic rings. The van der Waals surface area contributed by atoms with Gasteiger partial charge in [0.25, 0.3) is 0 Å². The molecule has 94 valence electrons. The molecule has 17 heavy (non-hydrogen) atoms. The Balaban J connectivity index is 2.00. The zero-order valence-corrected chi connectivity index (χ0v) is 9.51. The van der Waals surface area contributed by atoms with Crippen molar-refractivity contribution in [1.82, 2.24) is 5.32 Å². The topological polar surface area (TPSA) is 47.3 Å². The van der Waals surface area contributed by atoms with E-state index in [0.717, 1.165) is 31.9 Å². The molecule has 0 amide bonds. The van der Waals surface area contributed by atoms with Gasteiger partial charge in [-0.25, -0.2) is 4.39 Å². The molecular formula is C12H16F2N2O. The van der Waals surface area contributed by atoms with Gasteiger partial charge < -0.3 is 15.8 Å². The lowest BCUT2D eigenvalue weighted by molar-refractivity contribution is 0.230. The van der Waals surface area contributed by atoms with Crippen LogP contribution in [0.15, 0.2) is 12.1 Å². The zero-order chi connectivity index (χ0) is 12.3. The van der Waals surface area contributed by atoms with Gasteiger partial charge in [-0.15, -0.1) is 0 Å². The van der Waals surface area contributed by atoms with E-state index in [4.69, 9.17) is 10.5 Å². The van der Waals surface area contributed by atoms with Crippen LogP contribution in [0.2, 0.25) is 0 Å². The van der Waals surface area contributed by atoms with Gasteiger partial charge in [-0.1, -0.05) is 6.42 Å². The number of rotatable bonds is 3. The third-order valence-electron chi connectivity index (χ3n) is 2.92. The van der Waals surface area contributed by atoms with Crippen molar-refractivity contribution in [2.75, 3.05) is 18.9 Å². The largest absolute Gasteiger partial charge is 0.487 e. The first-order chi connectivity index (χ1) is 8.18. The van der Waals surface area contributed by atoms with Gasteiger partial charge in [0.05, 0.1) is 5.69 Å². The SMILES string of the molecule is Nc1ccc(F)c(F)c1OCC1CCCCN1. The molecule has 1 unspecified atom stereocenters. The summed E-state index contributed by atoms with van der Waals surface area (Å²) in [5.41, 5.74) is 5.68. The molecule has 5 heteroatoms. The van der Waals surface area contributed by atoms with Gasteiger partial charge in [0.15, 0.2) is 11.6 Å². The Kier molecular flexibility index (Phi) is 3.78. The number of nitrogens with two attached hydrogens (primary N) is 1. The summed E-state index contributed by atoms with van der Waals surface area (Å²) in [5, 5.41) is 3.26. The van der Waals surface area contributed by atoms with Crippen molar-refractivity contribution in [3.8, 4) is 5.75 Å². The lowest BCUT2D eigenvalue weighted by Gasteiger charge is -2.23. The van der Waals surface area contributed by atoms with Gasteiger partial charge in [-0.05, 0) is 31.5 Å². The second-order valence-corrected chi connectivity index (χ2v) is 4.24. The van der Waals surface area contributed by atoms with Gasteiger partial charge in [0.2, 0.25) is 5.82 Å². The molecule has 1 aromatic carbocycles. The summed E-state index contributed by atoms with van der Waals surface area (Å²) in [6, 6.07) is 2.49. The minimum Gasteiger partial charge on any atom is -0.487 e. The number of anilines is 1. The van der Waals surface area contributed by atoms with E-state index in [1.165, 1.54) is 6.07 Å².